The first kappa shape index (κ1) is 12.3. The van der Waals surface area contributed by atoms with Crippen LogP contribution < -0.4 is 0 Å². The van der Waals surface area contributed by atoms with Gasteiger partial charge in [-0.1, -0.05) is 57.4 Å². The first-order chi connectivity index (χ1) is 8.15. The molecule has 17 heavy (non-hydrogen) atoms. The molecule has 2 rings (SSSR count). The predicted molar refractivity (Wildman–Crippen MR) is 77.4 cm³/mol. The lowest BCUT2D eigenvalue weighted by atomic mass is 10.2. The number of benzene rings is 2. The molecule has 86 valence electrons. The highest BCUT2D eigenvalue weighted by atomic mass is 79.9. The van der Waals surface area contributed by atoms with Gasteiger partial charge in [0.25, 0.3) is 0 Å². The maximum absolute atomic E-state index is 6.17. The molecule has 0 radical (unpaired) electrons. The fourth-order valence-corrected chi connectivity index (χ4v) is 1.87. The molecular formula is C14H11BrClN. The quantitative estimate of drug-likeness (QED) is 0.686. The second-order valence-electron chi connectivity index (χ2n) is 3.75. The average Bonchev–Trinajstić information content (AvgIpc) is 2.33. The van der Waals surface area contributed by atoms with Crippen LogP contribution in [0.25, 0.3) is 0 Å². The van der Waals surface area contributed by atoms with Crippen molar-refractivity contribution >= 4 is 38.4 Å². The van der Waals surface area contributed by atoms with Crippen molar-refractivity contribution in [2.24, 2.45) is 4.99 Å². The third-order valence-electron chi connectivity index (χ3n) is 2.34. The van der Waals surface area contributed by atoms with Gasteiger partial charge < -0.3 is 0 Å². The lowest BCUT2D eigenvalue weighted by Gasteiger charge is -2.00. The molecule has 0 atom stereocenters. The number of hydrogen-bond donors (Lipinski definition) is 0. The van der Waals surface area contributed by atoms with Crippen molar-refractivity contribution < 1.29 is 0 Å². The fraction of sp³-hybridized carbons (Fsp3) is 0.0714. The van der Waals surface area contributed by atoms with Gasteiger partial charge in [-0.25, -0.2) is 4.99 Å². The van der Waals surface area contributed by atoms with Crippen molar-refractivity contribution in [3.05, 3.63) is 64.1 Å². The minimum absolute atomic E-state index is 0.507. The molecule has 0 N–H and O–H groups in total. The maximum atomic E-state index is 6.17. The van der Waals surface area contributed by atoms with Gasteiger partial charge in [-0.05, 0) is 31.2 Å². The average molecular weight is 309 g/mol. The van der Waals surface area contributed by atoms with Gasteiger partial charge in [0.15, 0.2) is 0 Å². The van der Waals surface area contributed by atoms with Crippen LogP contribution >= 0.6 is 27.5 Å². The fourth-order valence-electron chi connectivity index (χ4n) is 1.38. The molecule has 0 fully saturated rings. The Morgan fingerprint density at radius 2 is 1.59 bits per heavy atom. The van der Waals surface area contributed by atoms with E-state index in [-0.39, 0.29) is 0 Å². The summed E-state index contributed by atoms with van der Waals surface area (Å²) < 4.78 is 1.03. The van der Waals surface area contributed by atoms with Gasteiger partial charge in [-0.3, -0.25) is 0 Å². The van der Waals surface area contributed by atoms with Crippen molar-refractivity contribution in [3.8, 4) is 0 Å². The third-order valence-corrected chi connectivity index (χ3v) is 3.18. The normalized spacial score (nSPS) is 11.6. The summed E-state index contributed by atoms with van der Waals surface area (Å²) in [4.78, 5) is 4.36. The molecule has 0 saturated heterocycles. The molecule has 2 aromatic carbocycles. The molecule has 1 nitrogen and oxygen atoms in total. The van der Waals surface area contributed by atoms with Crippen molar-refractivity contribution in [2.75, 3.05) is 0 Å². The van der Waals surface area contributed by atoms with E-state index in [0.717, 1.165) is 15.7 Å². The van der Waals surface area contributed by atoms with Gasteiger partial charge in [0.05, 0.1) is 5.69 Å². The topological polar surface area (TPSA) is 12.4 Å². The molecule has 0 aliphatic heterocycles. The van der Waals surface area contributed by atoms with Crippen LogP contribution in [-0.4, -0.2) is 5.17 Å². The van der Waals surface area contributed by atoms with E-state index in [0.29, 0.717) is 5.17 Å². The van der Waals surface area contributed by atoms with E-state index in [9.17, 15) is 0 Å². The number of nitrogens with zero attached hydrogens (tertiary/aromatic N) is 1. The number of aliphatic imine (C=N–C) groups is 1. The summed E-state index contributed by atoms with van der Waals surface area (Å²) in [5.41, 5.74) is 2.99. The van der Waals surface area contributed by atoms with Crippen LogP contribution in [0.4, 0.5) is 5.69 Å². The molecule has 0 aromatic heterocycles. The van der Waals surface area contributed by atoms with Gasteiger partial charge in [0, 0.05) is 10.0 Å². The van der Waals surface area contributed by atoms with Crippen molar-refractivity contribution in [3.63, 3.8) is 0 Å². The number of hydrogen-bond acceptors (Lipinski definition) is 1. The van der Waals surface area contributed by atoms with Crippen molar-refractivity contribution in [1.29, 1.82) is 0 Å². The Morgan fingerprint density at radius 1 is 1.00 bits per heavy atom. The lowest BCUT2D eigenvalue weighted by molar-refractivity contribution is 1.45. The van der Waals surface area contributed by atoms with Crippen LogP contribution in [0.5, 0.6) is 0 Å². The Balaban J connectivity index is 2.27. The van der Waals surface area contributed by atoms with Crippen LogP contribution in [0, 0.1) is 6.92 Å². The highest BCUT2D eigenvalue weighted by Gasteiger charge is 1.99. The molecule has 0 bridgehead atoms. The summed E-state index contributed by atoms with van der Waals surface area (Å²) in [6, 6.07) is 15.7. The van der Waals surface area contributed by atoms with Crippen LogP contribution in [0.3, 0.4) is 0 Å². The monoisotopic (exact) mass is 307 g/mol. The van der Waals surface area contributed by atoms with Gasteiger partial charge in [-0.2, -0.15) is 0 Å². The van der Waals surface area contributed by atoms with E-state index >= 15 is 0 Å². The van der Waals surface area contributed by atoms with E-state index in [4.69, 9.17) is 11.6 Å². The van der Waals surface area contributed by atoms with Crippen LogP contribution in [0.2, 0.25) is 0 Å². The Morgan fingerprint density at radius 3 is 2.18 bits per heavy atom. The first-order valence-electron chi connectivity index (χ1n) is 5.22. The van der Waals surface area contributed by atoms with Gasteiger partial charge in [0.2, 0.25) is 0 Å². The molecular weight excluding hydrogens is 298 g/mol. The minimum Gasteiger partial charge on any atom is -0.236 e. The molecule has 0 unspecified atom stereocenters. The third kappa shape index (κ3) is 3.42. The van der Waals surface area contributed by atoms with Crippen LogP contribution in [0.15, 0.2) is 58.0 Å². The highest BCUT2D eigenvalue weighted by Crippen LogP contribution is 2.19. The van der Waals surface area contributed by atoms with E-state index in [1.165, 1.54) is 5.56 Å². The second-order valence-corrected chi connectivity index (χ2v) is 5.02. The molecule has 3 heteroatoms. The molecule has 0 saturated carbocycles. The van der Waals surface area contributed by atoms with Crippen LogP contribution in [-0.2, 0) is 0 Å². The van der Waals surface area contributed by atoms with Gasteiger partial charge in [-0.15, -0.1) is 0 Å². The zero-order valence-electron chi connectivity index (χ0n) is 9.32. The summed E-state index contributed by atoms with van der Waals surface area (Å²) in [7, 11) is 0. The SMILES string of the molecule is Cc1ccc(C(Cl)=Nc2ccc(Br)cc2)cc1. The van der Waals surface area contributed by atoms with E-state index in [2.05, 4.69) is 20.9 Å². The Kier molecular flexibility index (Phi) is 3.97. The smallest absolute Gasteiger partial charge is 0.136 e. The predicted octanol–water partition coefficient (Wildman–Crippen LogP) is 5.07. The van der Waals surface area contributed by atoms with E-state index < -0.39 is 0 Å². The minimum atomic E-state index is 0.507. The lowest BCUT2D eigenvalue weighted by Crippen LogP contribution is -1.90. The summed E-state index contributed by atoms with van der Waals surface area (Å²) in [5, 5.41) is 0.507. The first-order valence-corrected chi connectivity index (χ1v) is 6.39. The van der Waals surface area contributed by atoms with Crippen molar-refractivity contribution in [2.45, 2.75) is 6.92 Å². The number of aryl methyl sites for hydroxylation is 1. The second kappa shape index (κ2) is 5.48. The maximum Gasteiger partial charge on any atom is 0.136 e. The number of halogens is 2. The molecule has 0 aliphatic carbocycles. The Bertz CT molecular complexity index is 529. The molecule has 0 heterocycles. The zero-order chi connectivity index (χ0) is 12.3. The Hall–Kier alpha value is -1.12. The largest absolute Gasteiger partial charge is 0.236 e. The standard InChI is InChI=1S/C14H11BrClN/c1-10-2-4-11(5-3-10)14(16)17-13-8-6-12(15)7-9-13/h2-9H,1H3. The highest BCUT2D eigenvalue weighted by molar-refractivity contribution is 9.10. The van der Waals surface area contributed by atoms with E-state index in [1.807, 2.05) is 55.5 Å². The zero-order valence-corrected chi connectivity index (χ0v) is 11.7. The summed E-state index contributed by atoms with van der Waals surface area (Å²) in [6.45, 7) is 2.05. The van der Waals surface area contributed by atoms with Gasteiger partial charge in [0.1, 0.15) is 5.17 Å². The summed E-state index contributed by atoms with van der Waals surface area (Å²) in [6.07, 6.45) is 0. The number of rotatable bonds is 2. The molecule has 0 spiro atoms. The molecule has 2 aromatic rings. The summed E-state index contributed by atoms with van der Waals surface area (Å²) in [5.74, 6) is 0. The van der Waals surface area contributed by atoms with Crippen LogP contribution in [0.1, 0.15) is 11.1 Å². The molecule has 0 aliphatic rings. The van der Waals surface area contributed by atoms with E-state index in [1.54, 1.807) is 0 Å². The van der Waals surface area contributed by atoms with Gasteiger partial charge >= 0.3 is 0 Å². The summed E-state index contributed by atoms with van der Waals surface area (Å²) >= 11 is 9.55. The van der Waals surface area contributed by atoms with Crippen molar-refractivity contribution in [1.82, 2.24) is 0 Å². The molecule has 0 amide bonds. The Labute approximate surface area is 114 Å².